The molecule has 0 saturated carbocycles. The molecule has 0 bridgehead atoms. The van der Waals surface area contributed by atoms with Crippen LogP contribution in [0.3, 0.4) is 0 Å². The Bertz CT molecular complexity index is 1180. The quantitative estimate of drug-likeness (QED) is 0.254. The highest BCUT2D eigenvalue weighted by Gasteiger charge is 2.18. The first-order chi connectivity index (χ1) is 16.0. The van der Waals surface area contributed by atoms with E-state index in [1.807, 2.05) is 61.8 Å². The SMILES string of the molecule is Cc1ccc(C(C)CCN(C)Cc2nnc(SCc3ccncc3)n2-c2cccc(Cl)c2)o1. The maximum atomic E-state index is 6.30. The van der Waals surface area contributed by atoms with Gasteiger partial charge in [-0.05, 0) is 75.0 Å². The van der Waals surface area contributed by atoms with E-state index in [0.29, 0.717) is 17.5 Å². The van der Waals surface area contributed by atoms with Crippen molar-refractivity contribution in [3.05, 3.63) is 88.9 Å². The van der Waals surface area contributed by atoms with Gasteiger partial charge in [0.25, 0.3) is 0 Å². The molecule has 1 aromatic carbocycles. The molecule has 3 aromatic heterocycles. The molecule has 0 aliphatic rings. The highest BCUT2D eigenvalue weighted by molar-refractivity contribution is 7.98. The smallest absolute Gasteiger partial charge is 0.196 e. The summed E-state index contributed by atoms with van der Waals surface area (Å²) in [5, 5.41) is 10.6. The Kier molecular flexibility index (Phi) is 7.85. The molecule has 0 radical (unpaired) electrons. The van der Waals surface area contributed by atoms with E-state index in [1.165, 1.54) is 5.56 Å². The van der Waals surface area contributed by atoms with Crippen LogP contribution in [0.15, 0.2) is 70.5 Å². The molecule has 0 saturated heterocycles. The number of pyridine rings is 1. The van der Waals surface area contributed by atoms with E-state index in [0.717, 1.165) is 46.9 Å². The Balaban J connectivity index is 1.48. The summed E-state index contributed by atoms with van der Waals surface area (Å²) in [4.78, 5) is 6.37. The predicted molar refractivity (Wildman–Crippen MR) is 133 cm³/mol. The number of aromatic nitrogens is 4. The highest BCUT2D eigenvalue weighted by atomic mass is 35.5. The van der Waals surface area contributed by atoms with Crippen LogP contribution in [0.5, 0.6) is 0 Å². The van der Waals surface area contributed by atoms with Gasteiger partial charge in [0.05, 0.1) is 12.2 Å². The lowest BCUT2D eigenvalue weighted by Gasteiger charge is -2.19. The molecule has 33 heavy (non-hydrogen) atoms. The molecule has 4 rings (SSSR count). The van der Waals surface area contributed by atoms with Crippen molar-refractivity contribution in [1.29, 1.82) is 0 Å². The molecule has 4 aromatic rings. The third kappa shape index (κ3) is 6.25. The van der Waals surface area contributed by atoms with Gasteiger partial charge in [-0.25, -0.2) is 0 Å². The number of benzene rings is 1. The number of nitrogens with zero attached hydrogens (tertiary/aromatic N) is 5. The minimum Gasteiger partial charge on any atom is -0.466 e. The van der Waals surface area contributed by atoms with E-state index in [9.17, 15) is 0 Å². The molecule has 8 heteroatoms. The fourth-order valence-electron chi connectivity index (χ4n) is 3.59. The van der Waals surface area contributed by atoms with Crippen LogP contribution in [0.1, 0.15) is 42.2 Å². The van der Waals surface area contributed by atoms with E-state index < -0.39 is 0 Å². The van der Waals surface area contributed by atoms with Gasteiger partial charge in [-0.2, -0.15) is 0 Å². The Morgan fingerprint density at radius 3 is 2.67 bits per heavy atom. The third-order valence-corrected chi connectivity index (χ3v) is 6.72. The lowest BCUT2D eigenvalue weighted by Crippen LogP contribution is -2.22. The van der Waals surface area contributed by atoms with Gasteiger partial charge in [0.15, 0.2) is 11.0 Å². The van der Waals surface area contributed by atoms with Gasteiger partial charge in [0.2, 0.25) is 0 Å². The van der Waals surface area contributed by atoms with E-state index in [-0.39, 0.29) is 0 Å². The van der Waals surface area contributed by atoms with Crippen LogP contribution in [0, 0.1) is 6.92 Å². The highest BCUT2D eigenvalue weighted by Crippen LogP contribution is 2.27. The maximum absolute atomic E-state index is 6.30. The van der Waals surface area contributed by atoms with Crippen LogP contribution in [0.25, 0.3) is 5.69 Å². The van der Waals surface area contributed by atoms with E-state index >= 15 is 0 Å². The first-order valence-corrected chi connectivity index (χ1v) is 12.3. The second-order valence-electron chi connectivity index (χ2n) is 8.23. The Morgan fingerprint density at radius 1 is 1.12 bits per heavy atom. The minimum absolute atomic E-state index is 0.360. The summed E-state index contributed by atoms with van der Waals surface area (Å²) in [5.74, 6) is 4.03. The Hall–Kier alpha value is -2.61. The number of thioether (sulfide) groups is 1. The van der Waals surface area contributed by atoms with Crippen LogP contribution < -0.4 is 0 Å². The second-order valence-corrected chi connectivity index (χ2v) is 9.61. The van der Waals surface area contributed by atoms with Crippen molar-refractivity contribution in [2.75, 3.05) is 13.6 Å². The fraction of sp³-hybridized carbons (Fsp3) is 0.320. The van der Waals surface area contributed by atoms with Crippen molar-refractivity contribution in [1.82, 2.24) is 24.6 Å². The fourth-order valence-corrected chi connectivity index (χ4v) is 4.70. The summed E-state index contributed by atoms with van der Waals surface area (Å²) in [6.07, 6.45) is 4.62. The zero-order chi connectivity index (χ0) is 23.2. The first-order valence-electron chi connectivity index (χ1n) is 11.0. The minimum atomic E-state index is 0.360. The average molecular weight is 482 g/mol. The van der Waals surface area contributed by atoms with Gasteiger partial charge in [0.1, 0.15) is 11.5 Å². The van der Waals surface area contributed by atoms with E-state index in [4.69, 9.17) is 16.0 Å². The molecule has 0 amide bonds. The largest absolute Gasteiger partial charge is 0.466 e. The van der Waals surface area contributed by atoms with E-state index in [2.05, 4.69) is 44.7 Å². The van der Waals surface area contributed by atoms with Crippen LogP contribution in [0.4, 0.5) is 0 Å². The van der Waals surface area contributed by atoms with Crippen LogP contribution >= 0.6 is 23.4 Å². The number of aryl methyl sites for hydroxylation is 1. The number of hydrogen-bond acceptors (Lipinski definition) is 6. The first kappa shape index (κ1) is 23.5. The zero-order valence-electron chi connectivity index (χ0n) is 19.1. The molecular formula is C25H28ClN5OS. The van der Waals surface area contributed by atoms with Crippen molar-refractivity contribution >= 4 is 23.4 Å². The Morgan fingerprint density at radius 2 is 1.94 bits per heavy atom. The number of halogens is 1. The van der Waals surface area contributed by atoms with Crippen LogP contribution in [-0.4, -0.2) is 38.2 Å². The molecule has 6 nitrogen and oxygen atoms in total. The van der Waals surface area contributed by atoms with Crippen molar-refractivity contribution in [2.45, 2.75) is 43.6 Å². The molecule has 0 N–H and O–H groups in total. The van der Waals surface area contributed by atoms with Crippen LogP contribution in [0.2, 0.25) is 5.02 Å². The van der Waals surface area contributed by atoms with Gasteiger partial charge in [0, 0.05) is 29.1 Å². The average Bonchev–Trinajstić information content (AvgIpc) is 3.43. The summed E-state index contributed by atoms with van der Waals surface area (Å²) < 4.78 is 7.89. The molecule has 0 spiro atoms. The molecule has 1 unspecified atom stereocenters. The topological polar surface area (TPSA) is 60.0 Å². The Labute approximate surface area is 204 Å². The normalized spacial score (nSPS) is 12.4. The van der Waals surface area contributed by atoms with E-state index in [1.54, 1.807) is 11.8 Å². The molecule has 172 valence electrons. The zero-order valence-corrected chi connectivity index (χ0v) is 20.7. The van der Waals surface area contributed by atoms with Gasteiger partial charge < -0.3 is 4.42 Å². The summed E-state index contributed by atoms with van der Waals surface area (Å²) in [5.41, 5.74) is 2.16. The van der Waals surface area contributed by atoms with Gasteiger partial charge in [-0.15, -0.1) is 10.2 Å². The molecule has 0 aliphatic carbocycles. The molecule has 3 heterocycles. The number of hydrogen-bond donors (Lipinski definition) is 0. The lowest BCUT2D eigenvalue weighted by molar-refractivity contribution is 0.296. The molecule has 0 fully saturated rings. The second kappa shape index (κ2) is 11.0. The third-order valence-electron chi connectivity index (χ3n) is 5.49. The standard InChI is InChI=1S/C25H28ClN5OS/c1-18(23-8-7-19(2)32-23)11-14-30(3)16-24-28-29-25(33-17-20-9-12-27-13-10-20)31(24)22-6-4-5-21(26)15-22/h4-10,12-13,15,18H,11,14,16-17H2,1-3H3. The summed E-state index contributed by atoms with van der Waals surface area (Å²) in [6, 6.07) is 15.9. The molecule has 0 aliphatic heterocycles. The van der Waals surface area contributed by atoms with Gasteiger partial charge in [-0.1, -0.05) is 36.4 Å². The number of rotatable bonds is 10. The summed E-state index contributed by atoms with van der Waals surface area (Å²) >= 11 is 7.96. The van der Waals surface area contributed by atoms with Crippen LogP contribution in [-0.2, 0) is 12.3 Å². The lowest BCUT2D eigenvalue weighted by atomic mass is 10.1. The van der Waals surface area contributed by atoms with Gasteiger partial charge >= 0.3 is 0 Å². The molecular weight excluding hydrogens is 454 g/mol. The molecule has 1 atom stereocenters. The monoisotopic (exact) mass is 481 g/mol. The summed E-state index contributed by atoms with van der Waals surface area (Å²) in [6.45, 7) is 5.78. The predicted octanol–water partition coefficient (Wildman–Crippen LogP) is 6.14. The summed E-state index contributed by atoms with van der Waals surface area (Å²) in [7, 11) is 2.11. The van der Waals surface area contributed by atoms with Crippen molar-refractivity contribution in [3.8, 4) is 5.69 Å². The van der Waals surface area contributed by atoms with Crippen molar-refractivity contribution < 1.29 is 4.42 Å². The van der Waals surface area contributed by atoms with Gasteiger partial charge in [-0.3, -0.25) is 14.5 Å². The maximum Gasteiger partial charge on any atom is 0.196 e. The van der Waals surface area contributed by atoms with Crippen molar-refractivity contribution in [3.63, 3.8) is 0 Å². The number of furan rings is 1. The van der Waals surface area contributed by atoms with Crippen molar-refractivity contribution in [2.24, 2.45) is 0 Å².